The topological polar surface area (TPSA) is 37.5 Å². The highest BCUT2D eigenvalue weighted by Gasteiger charge is 2.21. The summed E-state index contributed by atoms with van der Waals surface area (Å²) in [5.41, 5.74) is 6.31. The summed E-state index contributed by atoms with van der Waals surface area (Å²) in [7, 11) is 0. The molecule has 4 aromatic rings. The van der Waals surface area contributed by atoms with Gasteiger partial charge in [-0.1, -0.05) is 19.9 Å². The third-order valence-electron chi connectivity index (χ3n) is 5.12. The first-order chi connectivity index (χ1) is 11.1. The Hall–Kier alpha value is -2.55. The Labute approximate surface area is 134 Å². The van der Waals surface area contributed by atoms with Crippen LogP contribution >= 0.6 is 0 Å². The maximum atomic E-state index is 9.94. The highest BCUT2D eigenvalue weighted by atomic mass is 16.3. The lowest BCUT2D eigenvalue weighted by Gasteiger charge is -2.20. The minimum absolute atomic E-state index is 0.292. The molecule has 3 heterocycles. The molecule has 5 rings (SSSR count). The Morgan fingerprint density at radius 2 is 1.91 bits per heavy atom. The van der Waals surface area contributed by atoms with E-state index in [4.69, 9.17) is 0 Å². The maximum Gasteiger partial charge on any atom is 0.145 e. The molecule has 0 saturated carbocycles. The van der Waals surface area contributed by atoms with Gasteiger partial charge in [0.25, 0.3) is 0 Å². The molecule has 0 amide bonds. The van der Waals surface area contributed by atoms with E-state index in [1.54, 1.807) is 6.07 Å². The molecule has 1 aliphatic rings. The summed E-state index contributed by atoms with van der Waals surface area (Å²) < 4.78 is 2.29. The van der Waals surface area contributed by atoms with Crippen LogP contribution in [0.1, 0.15) is 36.6 Å². The van der Waals surface area contributed by atoms with E-state index < -0.39 is 0 Å². The highest BCUT2D eigenvalue weighted by Crippen LogP contribution is 2.37. The highest BCUT2D eigenvalue weighted by molar-refractivity contribution is 6.13. The molecule has 0 atom stereocenters. The van der Waals surface area contributed by atoms with Crippen molar-refractivity contribution in [1.29, 1.82) is 0 Å². The van der Waals surface area contributed by atoms with Crippen molar-refractivity contribution in [2.45, 2.75) is 32.6 Å². The predicted octanol–water partition coefficient (Wildman–Crippen LogP) is 4.57. The van der Waals surface area contributed by atoms with E-state index in [1.807, 2.05) is 18.3 Å². The van der Waals surface area contributed by atoms with Gasteiger partial charge in [0.1, 0.15) is 11.4 Å². The summed E-state index contributed by atoms with van der Waals surface area (Å²) in [5.74, 6) is 0.795. The molecule has 0 unspecified atom stereocenters. The Morgan fingerprint density at radius 3 is 2.74 bits per heavy atom. The van der Waals surface area contributed by atoms with Gasteiger partial charge in [0, 0.05) is 22.7 Å². The number of aromatic nitrogens is 2. The SMILES string of the molecule is CC(C)c1cc2c3c(c1)c1ccc(O)cc1c1ncc(n13)CC2. The standard InChI is InChI=1S/C20H18N2O/c1-11(2)13-7-12-3-4-14-10-21-20-18-9-15(23)5-6-16(18)17(8-13)19(12)22(14)20/h5-11,23H,3-4H2,1-2H3. The lowest BCUT2D eigenvalue weighted by atomic mass is 9.91. The van der Waals surface area contributed by atoms with Gasteiger partial charge < -0.3 is 5.11 Å². The van der Waals surface area contributed by atoms with Crippen LogP contribution in [0.2, 0.25) is 0 Å². The first-order valence-corrected chi connectivity index (χ1v) is 8.21. The van der Waals surface area contributed by atoms with E-state index in [9.17, 15) is 5.11 Å². The molecule has 0 aliphatic carbocycles. The van der Waals surface area contributed by atoms with Crippen molar-refractivity contribution in [3.05, 3.63) is 53.3 Å². The van der Waals surface area contributed by atoms with E-state index in [0.717, 1.165) is 23.9 Å². The average Bonchev–Trinajstić information content (AvgIpc) is 2.98. The molecular formula is C20H18N2O. The Bertz CT molecular complexity index is 1110. The van der Waals surface area contributed by atoms with Crippen LogP contribution in [0.25, 0.3) is 27.3 Å². The third kappa shape index (κ3) is 1.62. The van der Waals surface area contributed by atoms with Gasteiger partial charge in [0.05, 0.1) is 5.52 Å². The molecule has 0 spiro atoms. The second kappa shape index (κ2) is 4.25. The van der Waals surface area contributed by atoms with Gasteiger partial charge in [-0.05, 0) is 59.5 Å². The monoisotopic (exact) mass is 302 g/mol. The number of nitrogens with zero attached hydrogens (tertiary/aromatic N) is 2. The zero-order chi connectivity index (χ0) is 15.7. The zero-order valence-corrected chi connectivity index (χ0v) is 13.3. The van der Waals surface area contributed by atoms with Gasteiger partial charge in [0.2, 0.25) is 0 Å². The molecule has 0 fully saturated rings. The quantitative estimate of drug-likeness (QED) is 0.523. The number of hydrogen-bond donors (Lipinski definition) is 1. The van der Waals surface area contributed by atoms with Crippen LogP contribution in [-0.4, -0.2) is 14.5 Å². The van der Waals surface area contributed by atoms with E-state index in [0.29, 0.717) is 11.7 Å². The van der Waals surface area contributed by atoms with Crippen molar-refractivity contribution in [1.82, 2.24) is 9.38 Å². The van der Waals surface area contributed by atoms with Gasteiger partial charge in [-0.2, -0.15) is 0 Å². The molecule has 3 nitrogen and oxygen atoms in total. The molecule has 114 valence electrons. The number of imidazole rings is 1. The summed E-state index contributed by atoms with van der Waals surface area (Å²) in [6, 6.07) is 10.3. The van der Waals surface area contributed by atoms with Crippen LogP contribution in [0.15, 0.2) is 36.5 Å². The van der Waals surface area contributed by atoms with Crippen molar-refractivity contribution in [3.63, 3.8) is 0 Å². The molecule has 23 heavy (non-hydrogen) atoms. The van der Waals surface area contributed by atoms with Gasteiger partial charge >= 0.3 is 0 Å². The summed E-state index contributed by atoms with van der Waals surface area (Å²) >= 11 is 0. The lowest BCUT2D eigenvalue weighted by Crippen LogP contribution is -2.08. The fraction of sp³-hybridized carbons (Fsp3) is 0.250. The van der Waals surface area contributed by atoms with Gasteiger partial charge in [-0.25, -0.2) is 4.98 Å². The van der Waals surface area contributed by atoms with Crippen molar-refractivity contribution in [2.24, 2.45) is 0 Å². The van der Waals surface area contributed by atoms with Crippen molar-refractivity contribution < 1.29 is 5.11 Å². The maximum absolute atomic E-state index is 9.94. The van der Waals surface area contributed by atoms with Crippen molar-refractivity contribution in [3.8, 4) is 5.75 Å². The lowest BCUT2D eigenvalue weighted by molar-refractivity contribution is 0.476. The van der Waals surface area contributed by atoms with Crippen LogP contribution in [0.3, 0.4) is 0 Å². The molecule has 1 aliphatic heterocycles. The normalized spacial score (nSPS) is 13.9. The molecule has 3 heteroatoms. The smallest absolute Gasteiger partial charge is 0.145 e. The largest absolute Gasteiger partial charge is 0.508 e. The first-order valence-electron chi connectivity index (χ1n) is 8.21. The number of hydrogen-bond acceptors (Lipinski definition) is 2. The molecular weight excluding hydrogens is 284 g/mol. The number of aryl methyl sites for hydroxylation is 2. The first kappa shape index (κ1) is 12.9. The fourth-order valence-corrected chi connectivity index (χ4v) is 3.93. The minimum atomic E-state index is 0.292. The van der Waals surface area contributed by atoms with E-state index in [-0.39, 0.29) is 0 Å². The van der Waals surface area contributed by atoms with Crippen molar-refractivity contribution >= 4 is 27.3 Å². The predicted molar refractivity (Wildman–Crippen MR) is 93.4 cm³/mol. The van der Waals surface area contributed by atoms with Gasteiger partial charge in [-0.15, -0.1) is 0 Å². The summed E-state index contributed by atoms with van der Waals surface area (Å²) in [6.07, 6.45) is 4.08. The summed E-state index contributed by atoms with van der Waals surface area (Å²) in [4.78, 5) is 4.65. The number of aromatic hydroxyl groups is 1. The fourth-order valence-electron chi connectivity index (χ4n) is 3.93. The van der Waals surface area contributed by atoms with E-state index in [2.05, 4.69) is 35.4 Å². The van der Waals surface area contributed by atoms with Crippen LogP contribution in [0, 0.1) is 0 Å². The van der Waals surface area contributed by atoms with E-state index in [1.165, 1.54) is 33.1 Å². The summed E-state index contributed by atoms with van der Waals surface area (Å²) in [6.45, 7) is 4.48. The Kier molecular flexibility index (Phi) is 2.39. The zero-order valence-electron chi connectivity index (χ0n) is 13.3. The van der Waals surface area contributed by atoms with Crippen LogP contribution in [-0.2, 0) is 12.8 Å². The van der Waals surface area contributed by atoms with Crippen LogP contribution in [0.5, 0.6) is 5.75 Å². The minimum Gasteiger partial charge on any atom is -0.508 e. The summed E-state index contributed by atoms with van der Waals surface area (Å²) in [5, 5.41) is 13.4. The number of phenolic OH excluding ortho intramolecular Hbond substituents is 1. The van der Waals surface area contributed by atoms with Crippen molar-refractivity contribution in [2.75, 3.05) is 0 Å². The number of phenols is 1. The number of rotatable bonds is 1. The van der Waals surface area contributed by atoms with E-state index >= 15 is 0 Å². The average molecular weight is 302 g/mol. The van der Waals surface area contributed by atoms with Crippen LogP contribution < -0.4 is 0 Å². The Morgan fingerprint density at radius 1 is 1.04 bits per heavy atom. The third-order valence-corrected chi connectivity index (χ3v) is 5.12. The molecule has 0 radical (unpaired) electrons. The molecule has 2 aromatic carbocycles. The number of fused-ring (bicyclic) bond motifs is 3. The van der Waals surface area contributed by atoms with Crippen LogP contribution in [0.4, 0.5) is 0 Å². The number of pyridine rings is 1. The Balaban J connectivity index is 2.12. The molecule has 1 N–H and O–H groups in total. The number of benzene rings is 2. The molecule has 0 bridgehead atoms. The molecule has 2 aromatic heterocycles. The second-order valence-corrected chi connectivity index (χ2v) is 6.87. The van der Waals surface area contributed by atoms with Gasteiger partial charge in [0.15, 0.2) is 0 Å². The second-order valence-electron chi connectivity index (χ2n) is 6.87. The van der Waals surface area contributed by atoms with Gasteiger partial charge in [-0.3, -0.25) is 4.40 Å². The molecule has 0 saturated heterocycles.